The highest BCUT2D eigenvalue weighted by molar-refractivity contribution is 5.74. The molecule has 7 nitrogen and oxygen atoms in total. The Morgan fingerprint density at radius 2 is 2.11 bits per heavy atom. The van der Waals surface area contributed by atoms with E-state index in [9.17, 15) is 0 Å². The van der Waals surface area contributed by atoms with Crippen molar-refractivity contribution in [2.75, 3.05) is 19.8 Å². The number of fused-ring (bicyclic) bond motifs is 3. The SMILES string of the molecule is CC[C@@H]1C[C@H](N(CC2CC2)C2COC2)C[C@@H]1c1nnc2cnc3[nH]ccc3n12. The molecule has 1 N–H and O–H groups in total. The molecule has 3 atom stereocenters. The predicted molar refractivity (Wildman–Crippen MR) is 106 cm³/mol. The molecule has 4 heterocycles. The van der Waals surface area contributed by atoms with Gasteiger partial charge in [-0.3, -0.25) is 9.30 Å². The third-order valence-electron chi connectivity index (χ3n) is 7.22. The molecule has 6 rings (SSSR count). The lowest BCUT2D eigenvalue weighted by Gasteiger charge is -2.41. The van der Waals surface area contributed by atoms with E-state index in [1.165, 1.54) is 38.6 Å². The van der Waals surface area contributed by atoms with E-state index in [1.54, 1.807) is 0 Å². The summed E-state index contributed by atoms with van der Waals surface area (Å²) < 4.78 is 7.78. The van der Waals surface area contributed by atoms with Gasteiger partial charge in [0.25, 0.3) is 0 Å². The van der Waals surface area contributed by atoms with E-state index in [-0.39, 0.29) is 0 Å². The maximum absolute atomic E-state index is 5.55. The van der Waals surface area contributed by atoms with Gasteiger partial charge in [0, 0.05) is 24.7 Å². The van der Waals surface area contributed by atoms with Crippen LogP contribution in [0.5, 0.6) is 0 Å². The summed E-state index contributed by atoms with van der Waals surface area (Å²) in [5.41, 5.74) is 2.83. The smallest absolute Gasteiger partial charge is 0.179 e. The molecule has 3 fully saturated rings. The molecular formula is C21H28N6O. The number of nitrogens with one attached hydrogen (secondary N) is 1. The van der Waals surface area contributed by atoms with Crippen molar-refractivity contribution in [2.24, 2.45) is 11.8 Å². The predicted octanol–water partition coefficient (Wildman–Crippen LogP) is 2.99. The summed E-state index contributed by atoms with van der Waals surface area (Å²) in [6.07, 6.45) is 10.2. The number of aromatic nitrogens is 5. The van der Waals surface area contributed by atoms with Crippen molar-refractivity contribution in [3.63, 3.8) is 0 Å². The van der Waals surface area contributed by atoms with Crippen LogP contribution in [0.25, 0.3) is 16.8 Å². The van der Waals surface area contributed by atoms with Crippen molar-refractivity contribution in [3.05, 3.63) is 24.3 Å². The summed E-state index contributed by atoms with van der Waals surface area (Å²) >= 11 is 0. The Labute approximate surface area is 164 Å². The lowest BCUT2D eigenvalue weighted by Crippen LogP contribution is -2.53. The fourth-order valence-corrected chi connectivity index (χ4v) is 5.38. The van der Waals surface area contributed by atoms with Crippen LogP contribution >= 0.6 is 0 Å². The molecule has 3 aromatic heterocycles. The average molecular weight is 380 g/mol. The van der Waals surface area contributed by atoms with Crippen molar-refractivity contribution in [2.45, 2.75) is 57.0 Å². The molecule has 0 spiro atoms. The Kier molecular flexibility index (Phi) is 3.94. The zero-order chi connectivity index (χ0) is 18.7. The molecule has 7 heteroatoms. The molecule has 2 aliphatic carbocycles. The first-order valence-corrected chi connectivity index (χ1v) is 10.8. The minimum Gasteiger partial charge on any atom is -0.378 e. The summed E-state index contributed by atoms with van der Waals surface area (Å²) in [5.74, 6) is 3.14. The van der Waals surface area contributed by atoms with Crippen molar-refractivity contribution in [3.8, 4) is 0 Å². The van der Waals surface area contributed by atoms with Gasteiger partial charge in [0.05, 0.1) is 31.0 Å². The quantitative estimate of drug-likeness (QED) is 0.712. The normalized spacial score (nSPS) is 28.6. The fourth-order valence-electron chi connectivity index (χ4n) is 5.38. The van der Waals surface area contributed by atoms with Gasteiger partial charge in [0.15, 0.2) is 11.3 Å². The van der Waals surface area contributed by atoms with Gasteiger partial charge in [-0.2, -0.15) is 0 Å². The third kappa shape index (κ3) is 2.67. The third-order valence-corrected chi connectivity index (χ3v) is 7.22. The van der Waals surface area contributed by atoms with Crippen LogP contribution in [0.3, 0.4) is 0 Å². The lowest BCUT2D eigenvalue weighted by molar-refractivity contribution is -0.0807. The standard InChI is InChI=1S/C21H28N6O/c1-2-14-7-15(26(10-13-3-4-13)16-11-28-12-16)8-17(14)21-25-24-19-9-23-20-18(27(19)21)5-6-22-20/h5-6,9,13-17,22H,2-4,7-8,10-12H2,1H3/t14-,15+,17+/m1/s1. The Morgan fingerprint density at radius 3 is 2.86 bits per heavy atom. The van der Waals surface area contributed by atoms with E-state index in [0.717, 1.165) is 41.8 Å². The second kappa shape index (κ2) is 6.52. The van der Waals surface area contributed by atoms with Crippen LogP contribution in [0.1, 0.15) is 50.8 Å². The highest BCUT2D eigenvalue weighted by atomic mass is 16.5. The number of ether oxygens (including phenoxy) is 1. The van der Waals surface area contributed by atoms with Crippen molar-refractivity contribution in [1.82, 2.24) is 29.5 Å². The molecule has 1 aliphatic heterocycles. The molecule has 0 bridgehead atoms. The van der Waals surface area contributed by atoms with Crippen molar-refractivity contribution >= 4 is 16.8 Å². The summed E-state index contributed by atoms with van der Waals surface area (Å²) in [6.45, 7) is 5.41. The summed E-state index contributed by atoms with van der Waals surface area (Å²) in [7, 11) is 0. The molecule has 3 aliphatic rings. The van der Waals surface area contributed by atoms with Crippen molar-refractivity contribution in [1.29, 1.82) is 0 Å². The number of hydrogen-bond donors (Lipinski definition) is 1. The average Bonchev–Trinajstić information content (AvgIpc) is 3.09. The first kappa shape index (κ1) is 16.9. The minimum atomic E-state index is 0.452. The van der Waals surface area contributed by atoms with Crippen LogP contribution in [-0.2, 0) is 4.74 Å². The van der Waals surface area contributed by atoms with E-state index in [4.69, 9.17) is 4.74 Å². The van der Waals surface area contributed by atoms with Gasteiger partial charge in [-0.05, 0) is 43.6 Å². The molecule has 148 valence electrons. The summed E-state index contributed by atoms with van der Waals surface area (Å²) in [5, 5.41) is 9.12. The topological polar surface area (TPSA) is 71.3 Å². The zero-order valence-electron chi connectivity index (χ0n) is 16.4. The minimum absolute atomic E-state index is 0.452. The molecular weight excluding hydrogens is 352 g/mol. The number of H-pyrrole nitrogens is 1. The molecule has 0 radical (unpaired) electrons. The summed E-state index contributed by atoms with van der Waals surface area (Å²) in [6, 6.07) is 3.35. The molecule has 0 unspecified atom stereocenters. The van der Waals surface area contributed by atoms with Crippen LogP contribution in [0, 0.1) is 11.8 Å². The van der Waals surface area contributed by atoms with Crippen LogP contribution in [0.2, 0.25) is 0 Å². The number of aromatic amines is 1. The number of hydrogen-bond acceptors (Lipinski definition) is 5. The maximum atomic E-state index is 5.55. The molecule has 3 aromatic rings. The lowest BCUT2D eigenvalue weighted by atomic mass is 9.93. The monoisotopic (exact) mass is 380 g/mol. The van der Waals surface area contributed by atoms with Gasteiger partial charge in [-0.25, -0.2) is 4.98 Å². The Bertz CT molecular complexity index is 987. The van der Waals surface area contributed by atoms with Crippen LogP contribution < -0.4 is 0 Å². The van der Waals surface area contributed by atoms with Crippen LogP contribution in [0.15, 0.2) is 18.5 Å². The van der Waals surface area contributed by atoms with Crippen molar-refractivity contribution < 1.29 is 4.74 Å². The largest absolute Gasteiger partial charge is 0.378 e. The molecule has 2 saturated carbocycles. The highest BCUT2D eigenvalue weighted by Gasteiger charge is 2.43. The number of rotatable bonds is 6. The fraction of sp³-hybridized carbons (Fsp3) is 0.667. The number of nitrogens with zero attached hydrogens (tertiary/aromatic N) is 5. The van der Waals surface area contributed by atoms with E-state index >= 15 is 0 Å². The van der Waals surface area contributed by atoms with E-state index in [1.807, 2.05) is 12.4 Å². The van der Waals surface area contributed by atoms with Crippen LogP contribution in [0.4, 0.5) is 0 Å². The van der Waals surface area contributed by atoms with E-state index in [2.05, 4.69) is 42.5 Å². The van der Waals surface area contributed by atoms with E-state index in [0.29, 0.717) is 23.9 Å². The molecule has 0 amide bonds. The maximum Gasteiger partial charge on any atom is 0.179 e. The summed E-state index contributed by atoms with van der Waals surface area (Å²) in [4.78, 5) is 10.5. The second-order valence-electron chi connectivity index (χ2n) is 8.95. The first-order valence-electron chi connectivity index (χ1n) is 10.8. The van der Waals surface area contributed by atoms with Crippen LogP contribution in [-0.4, -0.2) is 61.3 Å². The Hall–Kier alpha value is -1.99. The molecule has 0 aromatic carbocycles. The van der Waals surface area contributed by atoms with Gasteiger partial charge < -0.3 is 9.72 Å². The molecule has 28 heavy (non-hydrogen) atoms. The first-order chi connectivity index (χ1) is 13.8. The van der Waals surface area contributed by atoms with Gasteiger partial charge in [0.2, 0.25) is 0 Å². The zero-order valence-corrected chi connectivity index (χ0v) is 16.4. The Balaban J connectivity index is 1.35. The Morgan fingerprint density at radius 1 is 1.21 bits per heavy atom. The second-order valence-corrected chi connectivity index (χ2v) is 8.95. The van der Waals surface area contributed by atoms with Gasteiger partial charge in [-0.1, -0.05) is 13.3 Å². The molecule has 1 saturated heterocycles. The van der Waals surface area contributed by atoms with Gasteiger partial charge in [-0.15, -0.1) is 10.2 Å². The van der Waals surface area contributed by atoms with Gasteiger partial charge in [0.1, 0.15) is 5.82 Å². The highest BCUT2D eigenvalue weighted by Crippen LogP contribution is 2.45. The van der Waals surface area contributed by atoms with E-state index < -0.39 is 0 Å². The van der Waals surface area contributed by atoms with Gasteiger partial charge >= 0.3 is 0 Å².